The molecule has 6 nitrogen and oxygen atoms in total. The van der Waals surface area contributed by atoms with Gasteiger partial charge < -0.3 is 18.9 Å². The van der Waals surface area contributed by atoms with Gasteiger partial charge in [-0.3, -0.25) is 0 Å². The van der Waals surface area contributed by atoms with Crippen molar-refractivity contribution in [3.8, 4) is 11.5 Å². The summed E-state index contributed by atoms with van der Waals surface area (Å²) in [5, 5.41) is 2.50. The second-order valence-corrected chi connectivity index (χ2v) is 6.90. The molecule has 0 amide bonds. The van der Waals surface area contributed by atoms with Crippen LogP contribution in [0.2, 0.25) is 0 Å². The SMILES string of the molecule is C/C=C/COC(=O)Oc1c2ccccc2c(OC(=O)OC/C=C/C)c2cc(CC)ccc12. The summed E-state index contributed by atoms with van der Waals surface area (Å²) in [6, 6.07) is 13.0. The van der Waals surface area contributed by atoms with Crippen LogP contribution >= 0.6 is 0 Å². The van der Waals surface area contributed by atoms with Crippen LogP contribution in [0.4, 0.5) is 9.59 Å². The second-order valence-electron chi connectivity index (χ2n) is 6.90. The van der Waals surface area contributed by atoms with E-state index in [1.807, 2.05) is 51.1 Å². The molecule has 0 bridgehead atoms. The van der Waals surface area contributed by atoms with Gasteiger partial charge in [0.2, 0.25) is 0 Å². The first-order valence-corrected chi connectivity index (χ1v) is 10.5. The molecule has 0 fully saturated rings. The molecule has 0 aliphatic rings. The van der Waals surface area contributed by atoms with Crippen molar-refractivity contribution in [3.05, 3.63) is 72.3 Å². The highest BCUT2D eigenvalue weighted by Gasteiger charge is 2.21. The summed E-state index contributed by atoms with van der Waals surface area (Å²) in [5.41, 5.74) is 1.04. The van der Waals surface area contributed by atoms with E-state index in [1.54, 1.807) is 36.4 Å². The molecule has 0 aliphatic carbocycles. The third kappa shape index (κ3) is 5.27. The van der Waals surface area contributed by atoms with Crippen LogP contribution in [0, 0.1) is 0 Å². The number of hydrogen-bond acceptors (Lipinski definition) is 6. The fourth-order valence-electron chi connectivity index (χ4n) is 3.24. The van der Waals surface area contributed by atoms with Gasteiger partial charge in [0.1, 0.15) is 24.7 Å². The van der Waals surface area contributed by atoms with Crippen LogP contribution in [0.15, 0.2) is 66.8 Å². The van der Waals surface area contributed by atoms with Gasteiger partial charge in [0.05, 0.1) is 0 Å². The standard InChI is InChI=1S/C26H26O6/c1-4-7-15-29-25(27)31-23-19-11-9-10-12-20(19)24(32-26(28)30-16-8-5-2)22-17-18(6-3)13-14-21(22)23/h4-5,7-14,17H,6,15-16H2,1-3H3/b7-4+,8-5+. The molecule has 0 N–H and O–H groups in total. The number of hydrogen-bond donors (Lipinski definition) is 0. The number of rotatable bonds is 7. The van der Waals surface area contributed by atoms with E-state index < -0.39 is 12.3 Å². The number of carbonyl (C=O) groups excluding carboxylic acids is 2. The first kappa shape index (κ1) is 22.9. The van der Waals surface area contributed by atoms with Gasteiger partial charge in [-0.25, -0.2) is 9.59 Å². The molecule has 0 heterocycles. The summed E-state index contributed by atoms with van der Waals surface area (Å²) in [7, 11) is 0. The first-order chi connectivity index (χ1) is 15.6. The van der Waals surface area contributed by atoms with Gasteiger partial charge in [-0.1, -0.05) is 67.6 Å². The van der Waals surface area contributed by atoms with Gasteiger partial charge in [-0.05, 0) is 31.9 Å². The van der Waals surface area contributed by atoms with Crippen molar-refractivity contribution < 1.29 is 28.5 Å². The highest BCUT2D eigenvalue weighted by atomic mass is 16.7. The van der Waals surface area contributed by atoms with Crippen molar-refractivity contribution >= 4 is 33.9 Å². The van der Waals surface area contributed by atoms with Crippen LogP contribution in [0.25, 0.3) is 21.5 Å². The van der Waals surface area contributed by atoms with Gasteiger partial charge in [0.25, 0.3) is 0 Å². The monoisotopic (exact) mass is 434 g/mol. The minimum Gasteiger partial charge on any atom is -0.430 e. The lowest BCUT2D eigenvalue weighted by atomic mass is 9.98. The summed E-state index contributed by atoms with van der Waals surface area (Å²) >= 11 is 0. The number of ether oxygens (including phenoxy) is 4. The molecule has 3 aromatic rings. The summed E-state index contributed by atoms with van der Waals surface area (Å²) in [4.78, 5) is 24.7. The van der Waals surface area contributed by atoms with E-state index in [1.165, 1.54) is 0 Å². The maximum Gasteiger partial charge on any atom is 0.514 e. The molecule has 0 spiro atoms. The van der Waals surface area contributed by atoms with E-state index in [0.717, 1.165) is 12.0 Å². The Kier molecular flexibility index (Phi) is 7.86. The molecule has 166 valence electrons. The second kappa shape index (κ2) is 11.0. The molecule has 6 heteroatoms. The van der Waals surface area contributed by atoms with Crippen molar-refractivity contribution in [2.24, 2.45) is 0 Å². The maximum absolute atomic E-state index is 12.3. The van der Waals surface area contributed by atoms with Crippen molar-refractivity contribution in [1.82, 2.24) is 0 Å². The molecule has 0 unspecified atom stereocenters. The Morgan fingerprint density at radius 1 is 0.750 bits per heavy atom. The quantitative estimate of drug-likeness (QED) is 0.177. The number of benzene rings is 3. The molecule has 3 aromatic carbocycles. The van der Waals surface area contributed by atoms with Crippen LogP contribution in [-0.2, 0) is 15.9 Å². The van der Waals surface area contributed by atoms with Gasteiger partial charge >= 0.3 is 12.3 Å². The minimum absolute atomic E-state index is 0.115. The van der Waals surface area contributed by atoms with Crippen molar-refractivity contribution in [1.29, 1.82) is 0 Å². The molecule has 32 heavy (non-hydrogen) atoms. The van der Waals surface area contributed by atoms with Crippen LogP contribution in [-0.4, -0.2) is 25.5 Å². The van der Waals surface area contributed by atoms with E-state index >= 15 is 0 Å². The number of allylic oxidation sites excluding steroid dienone is 2. The third-order valence-corrected chi connectivity index (χ3v) is 4.83. The normalized spacial score (nSPS) is 11.3. The predicted molar refractivity (Wildman–Crippen MR) is 124 cm³/mol. The summed E-state index contributed by atoms with van der Waals surface area (Å²) in [6.45, 7) is 5.94. The van der Waals surface area contributed by atoms with Crippen molar-refractivity contribution in [3.63, 3.8) is 0 Å². The van der Waals surface area contributed by atoms with Crippen LogP contribution in [0.1, 0.15) is 26.3 Å². The average Bonchev–Trinajstić information content (AvgIpc) is 2.81. The lowest BCUT2D eigenvalue weighted by molar-refractivity contribution is 0.109. The van der Waals surface area contributed by atoms with E-state index in [4.69, 9.17) is 18.9 Å². The average molecular weight is 434 g/mol. The topological polar surface area (TPSA) is 71.1 Å². The Morgan fingerprint density at radius 2 is 1.25 bits per heavy atom. The van der Waals surface area contributed by atoms with E-state index in [2.05, 4.69) is 0 Å². The first-order valence-electron chi connectivity index (χ1n) is 10.5. The molecule has 0 aromatic heterocycles. The minimum atomic E-state index is -0.812. The molecule has 0 aliphatic heterocycles. The molecular formula is C26H26O6. The van der Waals surface area contributed by atoms with E-state index in [0.29, 0.717) is 33.0 Å². The van der Waals surface area contributed by atoms with Crippen LogP contribution < -0.4 is 9.47 Å². The third-order valence-electron chi connectivity index (χ3n) is 4.83. The number of fused-ring (bicyclic) bond motifs is 2. The van der Waals surface area contributed by atoms with Gasteiger partial charge in [0.15, 0.2) is 0 Å². The summed E-state index contributed by atoms with van der Waals surface area (Å²) < 4.78 is 21.5. The Labute approximate surface area is 187 Å². The molecule has 0 atom stereocenters. The Bertz CT molecular complexity index is 1180. The zero-order chi connectivity index (χ0) is 22.9. The van der Waals surface area contributed by atoms with Crippen LogP contribution in [0.5, 0.6) is 11.5 Å². The largest absolute Gasteiger partial charge is 0.514 e. The van der Waals surface area contributed by atoms with E-state index in [-0.39, 0.29) is 13.2 Å². The van der Waals surface area contributed by atoms with Gasteiger partial charge in [-0.15, -0.1) is 0 Å². The molecule has 0 saturated heterocycles. The zero-order valence-electron chi connectivity index (χ0n) is 18.4. The zero-order valence-corrected chi connectivity index (χ0v) is 18.4. The Balaban J connectivity index is 2.13. The lowest BCUT2D eigenvalue weighted by Crippen LogP contribution is -2.13. The summed E-state index contributed by atoms with van der Waals surface area (Å²) in [6.07, 6.45) is 6.16. The smallest absolute Gasteiger partial charge is 0.430 e. The Hall–Kier alpha value is -3.80. The molecule has 0 radical (unpaired) electrons. The van der Waals surface area contributed by atoms with Crippen molar-refractivity contribution in [2.75, 3.05) is 13.2 Å². The molecule has 0 saturated carbocycles. The Morgan fingerprint density at radius 3 is 1.75 bits per heavy atom. The van der Waals surface area contributed by atoms with Crippen LogP contribution in [0.3, 0.4) is 0 Å². The summed E-state index contributed by atoms with van der Waals surface area (Å²) in [5.74, 6) is 0.698. The number of carbonyl (C=O) groups is 2. The van der Waals surface area contributed by atoms with Crippen molar-refractivity contribution in [2.45, 2.75) is 27.2 Å². The molecular weight excluding hydrogens is 408 g/mol. The highest BCUT2D eigenvalue weighted by Crippen LogP contribution is 2.43. The number of aryl methyl sites for hydroxylation is 1. The lowest BCUT2D eigenvalue weighted by Gasteiger charge is -2.16. The fourth-order valence-corrected chi connectivity index (χ4v) is 3.24. The van der Waals surface area contributed by atoms with Gasteiger partial charge in [-0.2, -0.15) is 0 Å². The maximum atomic E-state index is 12.3. The van der Waals surface area contributed by atoms with E-state index in [9.17, 15) is 9.59 Å². The molecule has 3 rings (SSSR count). The fraction of sp³-hybridized carbons (Fsp3) is 0.231. The predicted octanol–water partition coefficient (Wildman–Crippen LogP) is 6.74. The highest BCUT2D eigenvalue weighted by molar-refractivity contribution is 6.12. The van der Waals surface area contributed by atoms with Gasteiger partial charge in [0, 0.05) is 21.5 Å².